The third-order valence-corrected chi connectivity index (χ3v) is 3.43. The second-order valence-electron chi connectivity index (χ2n) is 4.94. The van der Waals surface area contributed by atoms with E-state index in [1.54, 1.807) is 25.0 Å². The Kier molecular flexibility index (Phi) is 4.42. The van der Waals surface area contributed by atoms with Gasteiger partial charge in [-0.15, -0.1) is 5.10 Å². The summed E-state index contributed by atoms with van der Waals surface area (Å²) >= 11 is 0. The molecule has 1 aromatic heterocycles. The summed E-state index contributed by atoms with van der Waals surface area (Å²) in [6.07, 6.45) is 3.84. The standard InChI is InChI=1S/C13H21N3O3/c1-15-8-11(12(14-15)19-3)13(17)16-6-4-5-10(7-16)9-18-2/h8,10H,4-7,9H2,1-3H3. The van der Waals surface area contributed by atoms with E-state index in [2.05, 4.69) is 5.10 Å². The van der Waals surface area contributed by atoms with Gasteiger partial charge in [-0.25, -0.2) is 0 Å². The molecule has 1 amide bonds. The van der Waals surface area contributed by atoms with Gasteiger partial charge < -0.3 is 14.4 Å². The van der Waals surface area contributed by atoms with Crippen LogP contribution < -0.4 is 4.74 Å². The van der Waals surface area contributed by atoms with Crippen molar-refractivity contribution in [3.8, 4) is 5.88 Å². The Hall–Kier alpha value is -1.56. The van der Waals surface area contributed by atoms with Crippen LogP contribution in [-0.4, -0.2) is 54.5 Å². The number of amides is 1. The van der Waals surface area contributed by atoms with Gasteiger partial charge in [-0.2, -0.15) is 0 Å². The molecular formula is C13H21N3O3. The number of piperidine rings is 1. The Labute approximate surface area is 113 Å². The van der Waals surface area contributed by atoms with Gasteiger partial charge in [0.1, 0.15) is 5.56 Å². The number of nitrogens with zero attached hydrogens (tertiary/aromatic N) is 3. The molecule has 0 N–H and O–H groups in total. The lowest BCUT2D eigenvalue weighted by Crippen LogP contribution is -2.41. The van der Waals surface area contributed by atoms with Gasteiger partial charge >= 0.3 is 0 Å². The predicted molar refractivity (Wildman–Crippen MR) is 70.3 cm³/mol. The van der Waals surface area contributed by atoms with Crippen molar-refractivity contribution in [1.29, 1.82) is 0 Å². The van der Waals surface area contributed by atoms with E-state index >= 15 is 0 Å². The molecule has 1 fully saturated rings. The number of carbonyl (C=O) groups excluding carboxylic acids is 1. The quantitative estimate of drug-likeness (QED) is 0.814. The lowest BCUT2D eigenvalue weighted by atomic mass is 9.98. The van der Waals surface area contributed by atoms with Gasteiger partial charge in [0.15, 0.2) is 0 Å². The lowest BCUT2D eigenvalue weighted by Gasteiger charge is -2.32. The van der Waals surface area contributed by atoms with E-state index in [9.17, 15) is 4.79 Å². The van der Waals surface area contributed by atoms with Crippen LogP contribution in [0.25, 0.3) is 0 Å². The molecule has 1 atom stereocenters. The number of methoxy groups -OCH3 is 2. The minimum Gasteiger partial charge on any atom is -0.479 e. The number of likely N-dealkylation sites (tertiary alicyclic amines) is 1. The first-order valence-electron chi connectivity index (χ1n) is 6.51. The molecule has 0 aromatic carbocycles. The average Bonchev–Trinajstić information content (AvgIpc) is 2.80. The maximum atomic E-state index is 12.5. The van der Waals surface area contributed by atoms with E-state index < -0.39 is 0 Å². The van der Waals surface area contributed by atoms with Gasteiger partial charge in [0.2, 0.25) is 5.88 Å². The lowest BCUT2D eigenvalue weighted by molar-refractivity contribution is 0.0568. The van der Waals surface area contributed by atoms with Gasteiger partial charge in [0.05, 0.1) is 13.7 Å². The summed E-state index contributed by atoms with van der Waals surface area (Å²) in [6, 6.07) is 0. The number of hydrogen-bond donors (Lipinski definition) is 0. The first-order valence-corrected chi connectivity index (χ1v) is 6.51. The van der Waals surface area contributed by atoms with Gasteiger partial charge in [0.25, 0.3) is 5.91 Å². The van der Waals surface area contributed by atoms with Crippen molar-refractivity contribution in [2.45, 2.75) is 12.8 Å². The normalized spacial score (nSPS) is 19.5. The topological polar surface area (TPSA) is 56.6 Å². The molecule has 0 aliphatic carbocycles. The van der Waals surface area contributed by atoms with E-state index in [-0.39, 0.29) is 5.91 Å². The van der Waals surface area contributed by atoms with Crippen LogP contribution >= 0.6 is 0 Å². The molecule has 1 aliphatic rings. The van der Waals surface area contributed by atoms with Crippen molar-refractivity contribution in [3.63, 3.8) is 0 Å². The summed E-state index contributed by atoms with van der Waals surface area (Å²) in [5.74, 6) is 0.803. The number of carbonyl (C=O) groups is 1. The number of aromatic nitrogens is 2. The molecule has 2 heterocycles. The molecule has 0 spiro atoms. The van der Waals surface area contributed by atoms with E-state index in [0.717, 1.165) is 25.9 Å². The molecular weight excluding hydrogens is 246 g/mol. The Balaban J connectivity index is 2.10. The summed E-state index contributed by atoms with van der Waals surface area (Å²) < 4.78 is 11.9. The molecule has 6 nitrogen and oxygen atoms in total. The average molecular weight is 267 g/mol. The fourth-order valence-corrected chi connectivity index (χ4v) is 2.56. The van der Waals surface area contributed by atoms with Crippen LogP contribution in [0.5, 0.6) is 5.88 Å². The van der Waals surface area contributed by atoms with Crippen LogP contribution in [0.2, 0.25) is 0 Å². The summed E-state index contributed by atoms with van der Waals surface area (Å²) in [5, 5.41) is 4.12. The van der Waals surface area contributed by atoms with Gasteiger partial charge in [-0.3, -0.25) is 9.48 Å². The first-order chi connectivity index (χ1) is 9.15. The molecule has 0 radical (unpaired) electrons. The highest BCUT2D eigenvalue weighted by Gasteiger charge is 2.27. The molecule has 1 unspecified atom stereocenters. The monoisotopic (exact) mass is 267 g/mol. The zero-order valence-corrected chi connectivity index (χ0v) is 11.8. The molecule has 1 aliphatic heterocycles. The summed E-state index contributed by atoms with van der Waals surface area (Å²) in [6.45, 7) is 2.23. The minimum absolute atomic E-state index is 0.00856. The second-order valence-corrected chi connectivity index (χ2v) is 4.94. The zero-order valence-electron chi connectivity index (χ0n) is 11.8. The van der Waals surface area contributed by atoms with Crippen LogP contribution in [-0.2, 0) is 11.8 Å². The Morgan fingerprint density at radius 3 is 3.00 bits per heavy atom. The number of hydrogen-bond acceptors (Lipinski definition) is 4. The summed E-state index contributed by atoms with van der Waals surface area (Å²) in [7, 11) is 5.01. The largest absolute Gasteiger partial charge is 0.479 e. The van der Waals surface area contributed by atoms with E-state index in [1.807, 2.05) is 4.90 Å². The fraction of sp³-hybridized carbons (Fsp3) is 0.692. The van der Waals surface area contributed by atoms with Crippen molar-refractivity contribution in [2.24, 2.45) is 13.0 Å². The number of ether oxygens (including phenoxy) is 2. The molecule has 0 saturated carbocycles. The fourth-order valence-electron chi connectivity index (χ4n) is 2.56. The van der Waals surface area contributed by atoms with Crippen molar-refractivity contribution in [3.05, 3.63) is 11.8 Å². The molecule has 2 rings (SSSR count). The highest BCUT2D eigenvalue weighted by atomic mass is 16.5. The Morgan fingerprint density at radius 1 is 1.53 bits per heavy atom. The van der Waals surface area contributed by atoms with E-state index in [4.69, 9.17) is 9.47 Å². The van der Waals surface area contributed by atoms with Crippen LogP contribution in [0.3, 0.4) is 0 Å². The summed E-state index contributed by atoms with van der Waals surface area (Å²) in [5.41, 5.74) is 0.531. The molecule has 1 aromatic rings. The van der Waals surface area contributed by atoms with E-state index in [0.29, 0.717) is 24.0 Å². The van der Waals surface area contributed by atoms with E-state index in [1.165, 1.54) is 7.11 Å². The van der Waals surface area contributed by atoms with Gasteiger partial charge in [-0.05, 0) is 18.8 Å². The van der Waals surface area contributed by atoms with Crippen LogP contribution in [0.4, 0.5) is 0 Å². The highest BCUT2D eigenvalue weighted by molar-refractivity contribution is 5.96. The minimum atomic E-state index is -0.00856. The molecule has 106 valence electrons. The third kappa shape index (κ3) is 3.07. The Bertz CT molecular complexity index is 442. The first kappa shape index (κ1) is 13.9. The Morgan fingerprint density at radius 2 is 2.32 bits per heavy atom. The maximum absolute atomic E-state index is 12.5. The smallest absolute Gasteiger partial charge is 0.260 e. The molecule has 6 heteroatoms. The second kappa shape index (κ2) is 6.06. The molecule has 19 heavy (non-hydrogen) atoms. The molecule has 0 bridgehead atoms. The number of aryl methyl sites for hydroxylation is 1. The number of rotatable bonds is 4. The van der Waals surface area contributed by atoms with Gasteiger partial charge in [0, 0.05) is 33.4 Å². The zero-order chi connectivity index (χ0) is 13.8. The SMILES string of the molecule is COCC1CCCN(C(=O)c2cn(C)nc2OC)C1. The summed E-state index contributed by atoms with van der Waals surface area (Å²) in [4.78, 5) is 14.4. The van der Waals surface area contributed by atoms with Crippen molar-refractivity contribution in [1.82, 2.24) is 14.7 Å². The predicted octanol–water partition coefficient (Wildman–Crippen LogP) is 0.927. The highest BCUT2D eigenvalue weighted by Crippen LogP contribution is 2.22. The van der Waals surface area contributed by atoms with Crippen molar-refractivity contribution >= 4 is 5.91 Å². The maximum Gasteiger partial charge on any atom is 0.260 e. The van der Waals surface area contributed by atoms with Crippen LogP contribution in [0.15, 0.2) is 6.20 Å². The van der Waals surface area contributed by atoms with Crippen molar-refractivity contribution < 1.29 is 14.3 Å². The third-order valence-electron chi connectivity index (χ3n) is 3.43. The van der Waals surface area contributed by atoms with Gasteiger partial charge in [-0.1, -0.05) is 0 Å². The van der Waals surface area contributed by atoms with Crippen molar-refractivity contribution in [2.75, 3.05) is 33.9 Å². The van der Waals surface area contributed by atoms with Crippen LogP contribution in [0.1, 0.15) is 23.2 Å². The van der Waals surface area contributed by atoms with Crippen LogP contribution in [0, 0.1) is 5.92 Å². The molecule has 1 saturated heterocycles.